The lowest BCUT2D eigenvalue weighted by molar-refractivity contribution is 0.0950. The van der Waals surface area contributed by atoms with Crippen LogP contribution in [0.3, 0.4) is 0 Å². The molecule has 0 bridgehead atoms. The fourth-order valence-corrected chi connectivity index (χ4v) is 1.51. The van der Waals surface area contributed by atoms with Gasteiger partial charge in [-0.15, -0.1) is 0 Å². The molecule has 2 aromatic rings. The van der Waals surface area contributed by atoms with E-state index in [0.29, 0.717) is 12.1 Å². The molecule has 0 unspecified atom stereocenters. The van der Waals surface area contributed by atoms with E-state index < -0.39 is 0 Å². The van der Waals surface area contributed by atoms with Gasteiger partial charge in [-0.05, 0) is 13.0 Å². The van der Waals surface area contributed by atoms with Crippen molar-refractivity contribution in [1.82, 2.24) is 20.1 Å². The predicted octanol–water partition coefficient (Wildman–Crippen LogP) is 0.934. The number of nitrogens with one attached hydrogen (secondary N) is 1. The molecular weight excluding hydrogens is 232 g/mol. The summed E-state index contributed by atoms with van der Waals surface area (Å²) >= 11 is 0. The van der Waals surface area contributed by atoms with Crippen molar-refractivity contribution in [3.8, 4) is 5.75 Å². The quantitative estimate of drug-likeness (QED) is 0.841. The molecule has 6 heteroatoms. The molecule has 0 aromatic carbocycles. The largest absolute Gasteiger partial charge is 0.506 e. The highest BCUT2D eigenvalue weighted by Crippen LogP contribution is 2.08. The number of hydrogen-bond donors (Lipinski definition) is 2. The average Bonchev–Trinajstić information content (AvgIpc) is 2.84. The van der Waals surface area contributed by atoms with E-state index in [1.165, 1.54) is 18.5 Å². The molecule has 2 aromatic heterocycles. The first-order chi connectivity index (χ1) is 8.69. The van der Waals surface area contributed by atoms with Crippen LogP contribution in [0.2, 0.25) is 0 Å². The van der Waals surface area contributed by atoms with Crippen molar-refractivity contribution >= 4 is 5.91 Å². The first-order valence-electron chi connectivity index (χ1n) is 5.62. The summed E-state index contributed by atoms with van der Waals surface area (Å²) in [5.74, 6) is -0.302. The second kappa shape index (κ2) is 5.31. The molecule has 94 valence electrons. The van der Waals surface area contributed by atoms with Crippen molar-refractivity contribution in [2.24, 2.45) is 0 Å². The van der Waals surface area contributed by atoms with Gasteiger partial charge < -0.3 is 10.4 Å². The Morgan fingerprint density at radius 1 is 1.44 bits per heavy atom. The number of aryl methyl sites for hydroxylation is 1. The van der Waals surface area contributed by atoms with Crippen LogP contribution in [0.1, 0.15) is 22.8 Å². The van der Waals surface area contributed by atoms with E-state index in [9.17, 15) is 9.90 Å². The van der Waals surface area contributed by atoms with Gasteiger partial charge >= 0.3 is 0 Å². The maximum atomic E-state index is 11.8. The minimum atomic E-state index is -0.275. The summed E-state index contributed by atoms with van der Waals surface area (Å²) in [6.45, 7) is 3.19. The maximum Gasteiger partial charge on any atom is 0.253 e. The Balaban J connectivity index is 1.96. The first-order valence-corrected chi connectivity index (χ1v) is 5.62. The van der Waals surface area contributed by atoms with Gasteiger partial charge in [0.1, 0.15) is 5.75 Å². The first kappa shape index (κ1) is 12.1. The van der Waals surface area contributed by atoms with Gasteiger partial charge in [0.2, 0.25) is 0 Å². The van der Waals surface area contributed by atoms with Gasteiger partial charge in [0.25, 0.3) is 5.91 Å². The number of pyridine rings is 1. The number of amides is 1. The summed E-state index contributed by atoms with van der Waals surface area (Å²) in [4.78, 5) is 15.5. The van der Waals surface area contributed by atoms with Crippen LogP contribution in [-0.4, -0.2) is 25.8 Å². The fourth-order valence-electron chi connectivity index (χ4n) is 1.51. The highest BCUT2D eigenvalue weighted by Gasteiger charge is 2.07. The normalized spacial score (nSPS) is 10.3. The van der Waals surface area contributed by atoms with Crippen LogP contribution in [0.5, 0.6) is 5.75 Å². The summed E-state index contributed by atoms with van der Waals surface area (Å²) < 4.78 is 1.79. The predicted molar refractivity (Wildman–Crippen MR) is 65.0 cm³/mol. The van der Waals surface area contributed by atoms with Crippen LogP contribution in [0.25, 0.3) is 0 Å². The fraction of sp³-hybridized carbons (Fsp3) is 0.250. The van der Waals surface area contributed by atoms with E-state index >= 15 is 0 Å². The molecule has 2 heterocycles. The van der Waals surface area contributed by atoms with E-state index in [1.807, 2.05) is 13.1 Å². The molecule has 0 atom stereocenters. The van der Waals surface area contributed by atoms with Crippen molar-refractivity contribution in [3.63, 3.8) is 0 Å². The zero-order chi connectivity index (χ0) is 13.0. The van der Waals surface area contributed by atoms with Gasteiger partial charge in [-0.3, -0.25) is 14.5 Å². The molecule has 2 N–H and O–H groups in total. The number of rotatable bonds is 4. The summed E-state index contributed by atoms with van der Waals surface area (Å²) in [7, 11) is 0. The van der Waals surface area contributed by atoms with Gasteiger partial charge in [-0.1, -0.05) is 0 Å². The maximum absolute atomic E-state index is 11.8. The van der Waals surface area contributed by atoms with Crippen molar-refractivity contribution in [2.45, 2.75) is 20.0 Å². The van der Waals surface area contributed by atoms with Crippen LogP contribution in [-0.2, 0) is 13.1 Å². The van der Waals surface area contributed by atoms with Crippen LogP contribution in [0.4, 0.5) is 0 Å². The molecule has 0 aliphatic rings. The zero-order valence-electron chi connectivity index (χ0n) is 10.00. The highest BCUT2D eigenvalue weighted by molar-refractivity contribution is 5.94. The van der Waals surface area contributed by atoms with Crippen LogP contribution in [0, 0.1) is 0 Å². The third-order valence-corrected chi connectivity index (χ3v) is 2.45. The Morgan fingerprint density at radius 3 is 2.94 bits per heavy atom. The van der Waals surface area contributed by atoms with Gasteiger partial charge in [0, 0.05) is 31.0 Å². The highest BCUT2D eigenvalue weighted by atomic mass is 16.3. The molecule has 1 amide bonds. The Morgan fingerprint density at radius 2 is 2.28 bits per heavy atom. The summed E-state index contributed by atoms with van der Waals surface area (Å²) in [6.07, 6.45) is 6.28. The van der Waals surface area contributed by atoms with Crippen LogP contribution >= 0.6 is 0 Å². The molecule has 0 saturated carbocycles. The third kappa shape index (κ3) is 2.85. The summed E-state index contributed by atoms with van der Waals surface area (Å²) in [6, 6.07) is 1.37. The molecular formula is C12H14N4O2. The number of carbonyl (C=O) groups excluding carboxylic acids is 1. The van der Waals surface area contributed by atoms with Crippen LogP contribution in [0.15, 0.2) is 30.9 Å². The summed E-state index contributed by atoms with van der Waals surface area (Å²) in [5.41, 5.74) is 1.26. The monoisotopic (exact) mass is 246 g/mol. The van der Waals surface area contributed by atoms with Gasteiger partial charge in [-0.2, -0.15) is 5.10 Å². The van der Waals surface area contributed by atoms with E-state index in [-0.39, 0.29) is 11.7 Å². The smallest absolute Gasteiger partial charge is 0.253 e. The molecule has 0 saturated heterocycles. The zero-order valence-corrected chi connectivity index (χ0v) is 10.00. The van der Waals surface area contributed by atoms with Crippen molar-refractivity contribution in [2.75, 3.05) is 0 Å². The molecule has 0 fully saturated rings. The standard InChI is InChI=1S/C12H14N4O2/c1-2-16-8-9(5-15-16)4-14-12(18)10-3-11(17)7-13-6-10/h3,5-8,17H,2,4H2,1H3,(H,14,18). The lowest BCUT2D eigenvalue weighted by Gasteiger charge is -2.03. The molecule has 2 rings (SSSR count). The van der Waals surface area contributed by atoms with Crippen molar-refractivity contribution in [1.29, 1.82) is 0 Å². The molecule has 0 spiro atoms. The van der Waals surface area contributed by atoms with E-state index in [4.69, 9.17) is 0 Å². The SMILES string of the molecule is CCn1cc(CNC(=O)c2cncc(O)c2)cn1. The Bertz CT molecular complexity index is 551. The van der Waals surface area contributed by atoms with E-state index in [0.717, 1.165) is 12.1 Å². The Hall–Kier alpha value is -2.37. The molecule has 6 nitrogen and oxygen atoms in total. The van der Waals surface area contributed by atoms with E-state index in [1.54, 1.807) is 10.9 Å². The second-order valence-electron chi connectivity index (χ2n) is 3.82. The summed E-state index contributed by atoms with van der Waals surface area (Å²) in [5, 5.41) is 16.1. The molecule has 0 aliphatic carbocycles. The number of aromatic hydroxyl groups is 1. The van der Waals surface area contributed by atoms with Crippen LogP contribution < -0.4 is 5.32 Å². The minimum absolute atomic E-state index is 0.0264. The van der Waals surface area contributed by atoms with Crippen molar-refractivity contribution < 1.29 is 9.90 Å². The second-order valence-corrected chi connectivity index (χ2v) is 3.82. The molecule has 0 aliphatic heterocycles. The van der Waals surface area contributed by atoms with Gasteiger partial charge in [0.05, 0.1) is 18.0 Å². The lowest BCUT2D eigenvalue weighted by atomic mass is 10.2. The van der Waals surface area contributed by atoms with E-state index in [2.05, 4.69) is 15.4 Å². The number of aromatic nitrogens is 3. The average molecular weight is 246 g/mol. The van der Waals surface area contributed by atoms with Gasteiger partial charge in [0.15, 0.2) is 0 Å². The van der Waals surface area contributed by atoms with Gasteiger partial charge in [-0.25, -0.2) is 0 Å². The van der Waals surface area contributed by atoms with Crippen molar-refractivity contribution in [3.05, 3.63) is 42.0 Å². The molecule has 0 radical (unpaired) electrons. The third-order valence-electron chi connectivity index (χ3n) is 2.45. The Labute approximate surface area is 104 Å². The Kier molecular flexibility index (Phi) is 3.57. The number of carbonyl (C=O) groups is 1. The number of hydrogen-bond acceptors (Lipinski definition) is 4. The minimum Gasteiger partial charge on any atom is -0.506 e. The number of nitrogens with zero attached hydrogens (tertiary/aromatic N) is 3. The molecule has 18 heavy (non-hydrogen) atoms. The topological polar surface area (TPSA) is 80.0 Å². The lowest BCUT2D eigenvalue weighted by Crippen LogP contribution is -2.22.